The molecule has 0 unspecified atom stereocenters. The molecule has 1 aromatic carbocycles. The molecule has 0 saturated heterocycles. The minimum Gasteiger partial charge on any atom is -0.333 e. The number of hydrogen-bond donors (Lipinski definition) is 2. The van der Waals surface area contributed by atoms with Crippen molar-refractivity contribution in [2.75, 3.05) is 5.32 Å². The van der Waals surface area contributed by atoms with Crippen LogP contribution >= 0.6 is 11.6 Å². The Balaban J connectivity index is 1.41. The highest BCUT2D eigenvalue weighted by Gasteiger charge is 2.50. The molecular formula is C20H25ClF3N2O+. The van der Waals surface area contributed by atoms with E-state index in [1.165, 1.54) is 38.2 Å². The molecule has 3 nitrogen and oxygen atoms in total. The zero-order valence-corrected chi connectivity index (χ0v) is 16.0. The van der Waals surface area contributed by atoms with Crippen LogP contribution in [0.3, 0.4) is 0 Å². The SMILES string of the molecule is C[C@H]([NH2+]C1C2CC3CC(C2)CC1C3)C(=O)Nc1cc(C(F)(F)F)ccc1Cl. The quantitative estimate of drug-likeness (QED) is 0.784. The largest absolute Gasteiger partial charge is 0.416 e. The normalized spacial score (nSPS) is 33.1. The van der Waals surface area contributed by atoms with Gasteiger partial charge < -0.3 is 10.6 Å². The zero-order chi connectivity index (χ0) is 19.3. The van der Waals surface area contributed by atoms with Crippen LogP contribution in [-0.4, -0.2) is 18.0 Å². The first-order chi connectivity index (χ1) is 12.7. The van der Waals surface area contributed by atoms with Gasteiger partial charge in [-0.2, -0.15) is 13.2 Å². The minimum absolute atomic E-state index is 0.0156. The van der Waals surface area contributed by atoms with Crippen molar-refractivity contribution in [3.63, 3.8) is 0 Å². The summed E-state index contributed by atoms with van der Waals surface area (Å²) < 4.78 is 38.7. The maximum Gasteiger partial charge on any atom is 0.416 e. The van der Waals surface area contributed by atoms with E-state index in [4.69, 9.17) is 11.6 Å². The number of hydrogen-bond acceptors (Lipinski definition) is 1. The lowest BCUT2D eigenvalue weighted by atomic mass is 9.54. The van der Waals surface area contributed by atoms with E-state index >= 15 is 0 Å². The van der Waals surface area contributed by atoms with Crippen molar-refractivity contribution in [1.82, 2.24) is 0 Å². The van der Waals surface area contributed by atoms with Gasteiger partial charge in [-0.05, 0) is 69.1 Å². The Morgan fingerprint density at radius 3 is 2.30 bits per heavy atom. The maximum absolute atomic E-state index is 12.9. The van der Waals surface area contributed by atoms with Crippen LogP contribution < -0.4 is 10.6 Å². The number of amides is 1. The Kier molecular flexibility index (Phi) is 4.91. The second kappa shape index (κ2) is 6.96. The topological polar surface area (TPSA) is 45.7 Å². The summed E-state index contributed by atoms with van der Waals surface area (Å²) in [5.74, 6) is 2.78. The van der Waals surface area contributed by atoms with Gasteiger partial charge in [-0.3, -0.25) is 4.79 Å². The summed E-state index contributed by atoms with van der Waals surface area (Å²) in [7, 11) is 0. The Morgan fingerprint density at radius 2 is 1.74 bits per heavy atom. The lowest BCUT2D eigenvalue weighted by molar-refractivity contribution is -0.724. The number of nitrogens with two attached hydrogens (primary N) is 1. The van der Waals surface area contributed by atoms with E-state index in [2.05, 4.69) is 10.6 Å². The van der Waals surface area contributed by atoms with E-state index in [9.17, 15) is 18.0 Å². The number of carbonyl (C=O) groups excluding carboxylic acids is 1. The predicted molar refractivity (Wildman–Crippen MR) is 97.3 cm³/mol. The molecule has 5 rings (SSSR count). The number of alkyl halides is 3. The van der Waals surface area contributed by atoms with Crippen molar-refractivity contribution >= 4 is 23.2 Å². The number of benzene rings is 1. The summed E-state index contributed by atoms with van der Waals surface area (Å²) >= 11 is 5.99. The van der Waals surface area contributed by atoms with Crippen molar-refractivity contribution in [3.05, 3.63) is 28.8 Å². The second-order valence-corrected chi connectivity index (χ2v) is 9.08. The molecule has 1 amide bonds. The molecule has 4 aliphatic rings. The smallest absolute Gasteiger partial charge is 0.333 e. The molecule has 0 spiro atoms. The van der Waals surface area contributed by atoms with Gasteiger partial charge >= 0.3 is 6.18 Å². The van der Waals surface area contributed by atoms with Crippen LogP contribution in [0.25, 0.3) is 0 Å². The number of rotatable bonds is 4. The molecule has 1 atom stereocenters. The summed E-state index contributed by atoms with van der Waals surface area (Å²) in [6.45, 7) is 1.82. The average molecular weight is 402 g/mol. The van der Waals surface area contributed by atoms with Crippen molar-refractivity contribution in [3.8, 4) is 0 Å². The van der Waals surface area contributed by atoms with Gasteiger partial charge in [0.1, 0.15) is 0 Å². The van der Waals surface area contributed by atoms with E-state index in [1.807, 2.05) is 6.92 Å². The van der Waals surface area contributed by atoms with Crippen LogP contribution in [0.1, 0.15) is 44.6 Å². The van der Waals surface area contributed by atoms with Gasteiger partial charge in [-0.25, -0.2) is 0 Å². The van der Waals surface area contributed by atoms with Crippen LogP contribution in [0.5, 0.6) is 0 Å². The highest BCUT2D eigenvalue weighted by atomic mass is 35.5. The number of quaternary nitrogens is 1. The van der Waals surface area contributed by atoms with Crippen molar-refractivity contribution < 1.29 is 23.3 Å². The van der Waals surface area contributed by atoms with Crippen LogP contribution in [0, 0.1) is 23.7 Å². The molecule has 7 heteroatoms. The summed E-state index contributed by atoms with van der Waals surface area (Å²) in [6.07, 6.45) is 1.97. The fourth-order valence-corrected chi connectivity index (χ4v) is 5.91. The van der Waals surface area contributed by atoms with Crippen LogP contribution in [0.15, 0.2) is 18.2 Å². The molecule has 27 heavy (non-hydrogen) atoms. The molecular weight excluding hydrogens is 377 g/mol. The standard InChI is InChI=1S/C20H24ClF3N2O/c1-10(25-18-13-5-11-4-12(7-13)8-14(18)6-11)19(27)26-17-9-15(20(22,23)24)2-3-16(17)21/h2-3,9-14,18,25H,4-8H2,1H3,(H,26,27)/p+1/t10-,11?,12?,13?,14?,18?/m0/s1. The zero-order valence-electron chi connectivity index (χ0n) is 15.2. The Morgan fingerprint density at radius 1 is 1.15 bits per heavy atom. The molecule has 1 aromatic rings. The molecule has 148 valence electrons. The van der Waals surface area contributed by atoms with Gasteiger partial charge in [0.25, 0.3) is 5.91 Å². The molecule has 4 saturated carbocycles. The van der Waals surface area contributed by atoms with E-state index in [-0.39, 0.29) is 22.7 Å². The second-order valence-electron chi connectivity index (χ2n) is 8.67. The lowest BCUT2D eigenvalue weighted by Gasteiger charge is -2.53. The number of nitrogens with one attached hydrogen (secondary N) is 1. The predicted octanol–water partition coefficient (Wildman–Crippen LogP) is 4.07. The highest BCUT2D eigenvalue weighted by molar-refractivity contribution is 6.33. The molecule has 4 fully saturated rings. The van der Waals surface area contributed by atoms with E-state index in [0.717, 1.165) is 24.0 Å². The van der Waals surface area contributed by atoms with Gasteiger partial charge in [-0.1, -0.05) is 11.6 Å². The molecule has 4 bridgehead atoms. The third-order valence-electron chi connectivity index (χ3n) is 6.78. The van der Waals surface area contributed by atoms with Crippen molar-refractivity contribution in [2.24, 2.45) is 23.7 Å². The fourth-order valence-electron chi connectivity index (χ4n) is 5.75. The molecule has 0 aromatic heterocycles. The van der Waals surface area contributed by atoms with Gasteiger partial charge in [0.05, 0.1) is 22.3 Å². The minimum atomic E-state index is -4.47. The molecule has 0 aliphatic heterocycles. The monoisotopic (exact) mass is 401 g/mol. The molecule has 0 radical (unpaired) electrons. The Labute approximate surface area is 162 Å². The molecule has 4 aliphatic carbocycles. The first-order valence-electron chi connectivity index (χ1n) is 9.73. The molecule has 0 heterocycles. The fraction of sp³-hybridized carbons (Fsp3) is 0.650. The van der Waals surface area contributed by atoms with Gasteiger partial charge in [0, 0.05) is 11.8 Å². The first-order valence-corrected chi connectivity index (χ1v) is 10.1. The van der Waals surface area contributed by atoms with Crippen molar-refractivity contribution in [2.45, 2.75) is 57.3 Å². The van der Waals surface area contributed by atoms with Crippen LogP contribution in [0.2, 0.25) is 5.02 Å². The third kappa shape index (κ3) is 3.83. The lowest BCUT2D eigenvalue weighted by Crippen LogP contribution is -2.99. The van der Waals surface area contributed by atoms with Crippen LogP contribution in [0.4, 0.5) is 18.9 Å². The number of anilines is 1. The van der Waals surface area contributed by atoms with E-state index in [1.54, 1.807) is 0 Å². The third-order valence-corrected chi connectivity index (χ3v) is 7.11. The molecule has 3 N–H and O–H groups in total. The van der Waals surface area contributed by atoms with Gasteiger partial charge in [0.2, 0.25) is 0 Å². The van der Waals surface area contributed by atoms with Crippen molar-refractivity contribution in [1.29, 1.82) is 0 Å². The summed E-state index contributed by atoms with van der Waals surface area (Å²) in [4.78, 5) is 12.6. The van der Waals surface area contributed by atoms with Crippen LogP contribution in [-0.2, 0) is 11.0 Å². The maximum atomic E-state index is 12.9. The highest BCUT2D eigenvalue weighted by Crippen LogP contribution is 2.52. The summed E-state index contributed by atoms with van der Waals surface area (Å²) in [6, 6.07) is 3.08. The number of carbonyl (C=O) groups is 1. The summed E-state index contributed by atoms with van der Waals surface area (Å²) in [5, 5.41) is 4.85. The first kappa shape index (κ1) is 19.1. The van der Waals surface area contributed by atoms with E-state index < -0.39 is 11.7 Å². The Hall–Kier alpha value is -1.27. The van der Waals surface area contributed by atoms with Gasteiger partial charge in [-0.15, -0.1) is 0 Å². The number of halogens is 4. The Bertz CT molecular complexity index is 708. The van der Waals surface area contributed by atoms with E-state index in [0.29, 0.717) is 17.9 Å². The summed E-state index contributed by atoms with van der Waals surface area (Å²) in [5.41, 5.74) is -0.804. The average Bonchev–Trinajstić information content (AvgIpc) is 2.58. The van der Waals surface area contributed by atoms with Gasteiger partial charge in [0.15, 0.2) is 6.04 Å².